The zero-order valence-corrected chi connectivity index (χ0v) is 8.82. The van der Waals surface area contributed by atoms with Crippen LogP contribution in [0, 0.1) is 4.77 Å². The lowest BCUT2D eigenvalue weighted by atomic mass is 10.4. The highest BCUT2D eigenvalue weighted by atomic mass is 32.1. The van der Waals surface area contributed by atoms with Crippen LogP contribution in [0.15, 0.2) is 18.7 Å². The molecule has 6 heteroatoms. The molecule has 0 aliphatic rings. The molecule has 0 bridgehead atoms. The Hall–Kier alpha value is -1.43. The SMILES string of the molecule is CC(C)n1cc(-n2cn[nH]c2=S)cn1. The van der Waals surface area contributed by atoms with E-state index in [4.69, 9.17) is 12.2 Å². The van der Waals surface area contributed by atoms with Crippen LogP contribution in [0.1, 0.15) is 19.9 Å². The summed E-state index contributed by atoms with van der Waals surface area (Å²) in [5.41, 5.74) is 0.928. The lowest BCUT2D eigenvalue weighted by Gasteiger charge is -2.02. The maximum atomic E-state index is 5.05. The largest absolute Gasteiger partial charge is 0.272 e. The molecule has 0 atom stereocenters. The average Bonchev–Trinajstić information content (AvgIpc) is 2.71. The van der Waals surface area contributed by atoms with Gasteiger partial charge in [-0.25, -0.2) is 0 Å². The molecule has 5 nitrogen and oxygen atoms in total. The monoisotopic (exact) mass is 209 g/mol. The van der Waals surface area contributed by atoms with Crippen LogP contribution >= 0.6 is 12.2 Å². The zero-order chi connectivity index (χ0) is 10.1. The normalized spacial score (nSPS) is 11.1. The van der Waals surface area contributed by atoms with Gasteiger partial charge in [0.05, 0.1) is 11.9 Å². The number of hydrogen-bond acceptors (Lipinski definition) is 3. The van der Waals surface area contributed by atoms with Gasteiger partial charge in [0.1, 0.15) is 6.33 Å². The lowest BCUT2D eigenvalue weighted by Crippen LogP contribution is -2.00. The molecule has 0 unspecified atom stereocenters. The van der Waals surface area contributed by atoms with Crippen LogP contribution in [-0.4, -0.2) is 24.5 Å². The summed E-state index contributed by atoms with van der Waals surface area (Å²) in [5.74, 6) is 0. The van der Waals surface area contributed by atoms with Gasteiger partial charge in [0, 0.05) is 12.2 Å². The molecule has 0 amide bonds. The number of aromatic nitrogens is 5. The van der Waals surface area contributed by atoms with Gasteiger partial charge in [-0.1, -0.05) is 0 Å². The van der Waals surface area contributed by atoms with Crippen molar-refractivity contribution in [1.82, 2.24) is 24.5 Å². The van der Waals surface area contributed by atoms with E-state index in [0.29, 0.717) is 10.8 Å². The second-order valence-electron chi connectivity index (χ2n) is 3.30. The van der Waals surface area contributed by atoms with Crippen molar-refractivity contribution in [1.29, 1.82) is 0 Å². The molecule has 14 heavy (non-hydrogen) atoms. The molecule has 0 aromatic carbocycles. The number of nitrogens with one attached hydrogen (secondary N) is 1. The molecule has 0 aliphatic carbocycles. The van der Waals surface area contributed by atoms with Gasteiger partial charge < -0.3 is 0 Å². The van der Waals surface area contributed by atoms with Gasteiger partial charge in [0.25, 0.3) is 0 Å². The Labute approximate surface area is 86.4 Å². The second-order valence-corrected chi connectivity index (χ2v) is 3.69. The van der Waals surface area contributed by atoms with Crippen LogP contribution < -0.4 is 0 Å². The van der Waals surface area contributed by atoms with Crippen molar-refractivity contribution in [3.8, 4) is 5.69 Å². The Morgan fingerprint density at radius 2 is 2.29 bits per heavy atom. The molecule has 2 aromatic heterocycles. The third-order valence-corrected chi connectivity index (χ3v) is 2.24. The van der Waals surface area contributed by atoms with Crippen molar-refractivity contribution in [2.75, 3.05) is 0 Å². The molecular weight excluding hydrogens is 198 g/mol. The minimum absolute atomic E-state index is 0.352. The summed E-state index contributed by atoms with van der Waals surface area (Å²) in [6.07, 6.45) is 5.35. The van der Waals surface area contributed by atoms with Crippen LogP contribution in [-0.2, 0) is 0 Å². The highest BCUT2D eigenvalue weighted by Crippen LogP contribution is 2.09. The van der Waals surface area contributed by atoms with Crippen molar-refractivity contribution >= 4 is 12.2 Å². The van der Waals surface area contributed by atoms with Crippen LogP contribution in [0.3, 0.4) is 0 Å². The fourth-order valence-corrected chi connectivity index (χ4v) is 1.37. The first kappa shape index (κ1) is 9.14. The standard InChI is InChI=1S/C8H11N5S/c1-6(2)13-4-7(3-10-13)12-5-9-11-8(12)14/h3-6H,1-2H3,(H,11,14). The summed E-state index contributed by atoms with van der Waals surface area (Å²) in [6, 6.07) is 0.352. The molecule has 2 heterocycles. The molecule has 2 aromatic rings. The average molecular weight is 209 g/mol. The van der Waals surface area contributed by atoms with Crippen LogP contribution in [0.5, 0.6) is 0 Å². The molecule has 1 N–H and O–H groups in total. The summed E-state index contributed by atoms with van der Waals surface area (Å²) >= 11 is 5.05. The second kappa shape index (κ2) is 3.38. The lowest BCUT2D eigenvalue weighted by molar-refractivity contribution is 0.532. The summed E-state index contributed by atoms with van der Waals surface area (Å²) in [4.78, 5) is 0. The first-order chi connectivity index (χ1) is 6.68. The number of rotatable bonds is 2. The van der Waals surface area contributed by atoms with Gasteiger partial charge in [-0.15, -0.1) is 0 Å². The quantitative estimate of drug-likeness (QED) is 0.766. The topological polar surface area (TPSA) is 51.4 Å². The maximum Gasteiger partial charge on any atom is 0.199 e. The summed E-state index contributed by atoms with van der Waals surface area (Å²) in [7, 11) is 0. The Bertz CT molecular complexity index is 478. The fourth-order valence-electron chi connectivity index (χ4n) is 1.17. The molecular formula is C8H11N5S. The van der Waals surface area contributed by atoms with E-state index >= 15 is 0 Å². The summed E-state index contributed by atoms with van der Waals surface area (Å²) in [5, 5.41) is 10.8. The molecule has 0 spiro atoms. The third-order valence-electron chi connectivity index (χ3n) is 1.95. The van der Waals surface area contributed by atoms with Crippen molar-refractivity contribution in [2.24, 2.45) is 0 Å². The smallest absolute Gasteiger partial charge is 0.199 e. The van der Waals surface area contributed by atoms with Gasteiger partial charge in [0.2, 0.25) is 0 Å². The molecule has 74 valence electrons. The van der Waals surface area contributed by atoms with E-state index < -0.39 is 0 Å². The predicted molar refractivity (Wildman–Crippen MR) is 54.9 cm³/mol. The van der Waals surface area contributed by atoms with E-state index in [9.17, 15) is 0 Å². The van der Waals surface area contributed by atoms with Gasteiger partial charge in [0.15, 0.2) is 4.77 Å². The van der Waals surface area contributed by atoms with Gasteiger partial charge in [-0.3, -0.25) is 14.3 Å². The van der Waals surface area contributed by atoms with E-state index in [0.717, 1.165) is 5.69 Å². The summed E-state index contributed by atoms with van der Waals surface area (Å²) < 4.78 is 4.24. The van der Waals surface area contributed by atoms with Gasteiger partial charge in [-0.2, -0.15) is 10.2 Å². The van der Waals surface area contributed by atoms with E-state index in [1.807, 2.05) is 10.9 Å². The van der Waals surface area contributed by atoms with Gasteiger partial charge in [-0.05, 0) is 26.1 Å². The van der Waals surface area contributed by atoms with Crippen LogP contribution in [0.25, 0.3) is 5.69 Å². The van der Waals surface area contributed by atoms with E-state index in [2.05, 4.69) is 29.1 Å². The Balaban J connectivity index is 2.44. The highest BCUT2D eigenvalue weighted by molar-refractivity contribution is 7.71. The molecule has 0 fully saturated rings. The third kappa shape index (κ3) is 1.48. The Morgan fingerprint density at radius 3 is 2.79 bits per heavy atom. The summed E-state index contributed by atoms with van der Waals surface area (Å²) in [6.45, 7) is 4.15. The zero-order valence-electron chi connectivity index (χ0n) is 8.01. The van der Waals surface area contributed by atoms with Crippen LogP contribution in [0.2, 0.25) is 0 Å². The molecule has 0 saturated heterocycles. The Morgan fingerprint density at radius 1 is 1.50 bits per heavy atom. The molecule has 0 radical (unpaired) electrons. The van der Waals surface area contributed by atoms with E-state index in [-0.39, 0.29) is 0 Å². The predicted octanol–water partition coefficient (Wildman–Crippen LogP) is 1.71. The first-order valence-electron chi connectivity index (χ1n) is 4.35. The fraction of sp³-hybridized carbons (Fsp3) is 0.375. The number of nitrogens with zero attached hydrogens (tertiary/aromatic N) is 4. The molecule has 0 aliphatic heterocycles. The van der Waals surface area contributed by atoms with Crippen molar-refractivity contribution < 1.29 is 0 Å². The molecule has 2 rings (SSSR count). The van der Waals surface area contributed by atoms with E-state index in [1.54, 1.807) is 17.1 Å². The van der Waals surface area contributed by atoms with Crippen molar-refractivity contribution in [3.05, 3.63) is 23.5 Å². The van der Waals surface area contributed by atoms with Crippen molar-refractivity contribution in [2.45, 2.75) is 19.9 Å². The maximum absolute atomic E-state index is 5.05. The van der Waals surface area contributed by atoms with E-state index in [1.165, 1.54) is 0 Å². The Kier molecular flexibility index (Phi) is 2.20. The van der Waals surface area contributed by atoms with Crippen LogP contribution in [0.4, 0.5) is 0 Å². The minimum Gasteiger partial charge on any atom is -0.272 e. The number of aromatic amines is 1. The number of H-pyrrole nitrogens is 1. The molecule has 0 saturated carbocycles. The van der Waals surface area contributed by atoms with Crippen molar-refractivity contribution in [3.63, 3.8) is 0 Å². The highest BCUT2D eigenvalue weighted by Gasteiger charge is 2.03. The first-order valence-corrected chi connectivity index (χ1v) is 4.76. The minimum atomic E-state index is 0.352. The van der Waals surface area contributed by atoms with Gasteiger partial charge >= 0.3 is 0 Å². The number of hydrogen-bond donors (Lipinski definition) is 1.